The minimum atomic E-state index is -4.87. The van der Waals surface area contributed by atoms with E-state index in [0.29, 0.717) is 44.6 Å². The minimum Gasteiger partial charge on any atom is -0.489 e. The molecular formula is C42H40BrF6N3O7S. The molecule has 18 heteroatoms. The topological polar surface area (TPSA) is 130 Å². The van der Waals surface area contributed by atoms with E-state index in [-0.39, 0.29) is 57.6 Å². The van der Waals surface area contributed by atoms with Crippen LogP contribution in [0.4, 0.5) is 26.3 Å². The van der Waals surface area contributed by atoms with Gasteiger partial charge in [0.25, 0.3) is 0 Å². The SMILES string of the molecule is CC(C)c1onc(-c2ccccc2OC(F)(F)F)c1CBr.Cc1cc(OCc2c(-c3ccccc3OC(F)(F)F)noc2C(C)C)ccc1-c1nc(C(C)C)c(C(=O)O)s1. The first-order valence-corrected chi connectivity index (χ1v) is 20.3. The number of aryl methyl sites for hydroxylation is 1. The predicted molar refractivity (Wildman–Crippen MR) is 216 cm³/mol. The molecular weight excluding hydrogens is 884 g/mol. The second-order valence-electron chi connectivity index (χ2n) is 14.2. The summed E-state index contributed by atoms with van der Waals surface area (Å²) in [6.07, 6.45) is -9.62. The van der Waals surface area contributed by atoms with Crippen LogP contribution in [0.1, 0.15) is 103 Å². The number of thiazole rings is 1. The average molecular weight is 925 g/mol. The molecule has 0 saturated carbocycles. The molecule has 0 aliphatic rings. The highest BCUT2D eigenvalue weighted by Crippen LogP contribution is 2.40. The zero-order chi connectivity index (χ0) is 44.1. The Hall–Kier alpha value is -5.36. The predicted octanol–water partition coefficient (Wildman–Crippen LogP) is 13.5. The third-order valence-electron chi connectivity index (χ3n) is 8.76. The molecule has 0 saturated heterocycles. The first-order valence-electron chi connectivity index (χ1n) is 18.4. The summed E-state index contributed by atoms with van der Waals surface area (Å²) in [5.41, 5.74) is 4.33. The monoisotopic (exact) mass is 923 g/mol. The summed E-state index contributed by atoms with van der Waals surface area (Å²) >= 11 is 4.45. The summed E-state index contributed by atoms with van der Waals surface area (Å²) in [5, 5.41) is 18.6. The van der Waals surface area contributed by atoms with Crippen molar-refractivity contribution in [1.82, 2.24) is 15.3 Å². The Morgan fingerprint density at radius 1 is 0.750 bits per heavy atom. The van der Waals surface area contributed by atoms with Gasteiger partial charge < -0.3 is 28.4 Å². The normalized spacial score (nSPS) is 11.9. The van der Waals surface area contributed by atoms with Crippen LogP contribution in [0.25, 0.3) is 33.1 Å². The number of nitrogens with zero attached hydrogens (tertiary/aromatic N) is 3. The number of carbonyl (C=O) groups is 1. The van der Waals surface area contributed by atoms with E-state index in [2.05, 4.69) is 40.7 Å². The molecule has 0 unspecified atom stereocenters. The maximum Gasteiger partial charge on any atom is 0.573 e. The molecule has 0 atom stereocenters. The fraction of sp³-hybridized carbons (Fsp3) is 0.333. The van der Waals surface area contributed by atoms with Crippen LogP contribution in [-0.4, -0.2) is 39.1 Å². The van der Waals surface area contributed by atoms with E-state index in [4.69, 9.17) is 13.8 Å². The van der Waals surface area contributed by atoms with E-state index >= 15 is 0 Å². The Morgan fingerprint density at radius 3 is 1.68 bits per heavy atom. The molecule has 10 nitrogen and oxygen atoms in total. The number of rotatable bonds is 13. The molecule has 320 valence electrons. The van der Waals surface area contributed by atoms with E-state index in [0.717, 1.165) is 28.0 Å². The molecule has 0 fully saturated rings. The average Bonchev–Trinajstić information content (AvgIpc) is 3.91. The van der Waals surface area contributed by atoms with Gasteiger partial charge >= 0.3 is 18.7 Å². The number of aromatic carboxylic acids is 1. The summed E-state index contributed by atoms with van der Waals surface area (Å²) in [4.78, 5) is 16.5. The molecule has 0 amide bonds. The van der Waals surface area contributed by atoms with E-state index in [9.17, 15) is 36.2 Å². The second kappa shape index (κ2) is 18.9. The van der Waals surface area contributed by atoms with Crippen LogP contribution < -0.4 is 14.2 Å². The smallest absolute Gasteiger partial charge is 0.489 e. The third kappa shape index (κ3) is 11.1. The van der Waals surface area contributed by atoms with E-state index in [1.807, 2.05) is 54.5 Å². The molecule has 0 aliphatic heterocycles. The van der Waals surface area contributed by atoms with Crippen LogP contribution in [0.5, 0.6) is 17.2 Å². The molecule has 6 rings (SSSR count). The van der Waals surface area contributed by atoms with Gasteiger partial charge in [0.1, 0.15) is 56.6 Å². The minimum absolute atomic E-state index is 0.0105. The van der Waals surface area contributed by atoms with Crippen LogP contribution in [0.3, 0.4) is 0 Å². The number of benzene rings is 3. The van der Waals surface area contributed by atoms with Gasteiger partial charge in [-0.15, -0.1) is 37.7 Å². The maximum atomic E-state index is 13.0. The molecule has 1 N–H and O–H groups in total. The lowest BCUT2D eigenvalue weighted by atomic mass is 10.0. The van der Waals surface area contributed by atoms with Gasteiger partial charge in [0.05, 0.1) is 11.3 Å². The number of carboxylic acid groups (broad SMARTS) is 1. The molecule has 0 spiro atoms. The van der Waals surface area contributed by atoms with Gasteiger partial charge in [0, 0.05) is 39.4 Å². The standard InChI is InChI=1S/C28H27F3N2O5S.C14H13BrF3NO2/c1-14(2)22-25(27(34)35)39-26(32-22)18-11-10-17(12-16(18)5)36-13-20-23(33-38-24(20)15(3)4)19-8-6-7-9-21(19)37-28(29,30)31;1-8(2)13-10(7-15)12(19-21-13)9-5-3-4-6-11(9)20-14(16,17)18/h6-12,14-15H,13H2,1-5H3,(H,34,35);3-6,8H,7H2,1-2H3. The van der Waals surface area contributed by atoms with Gasteiger partial charge in [-0.05, 0) is 60.9 Å². The molecule has 0 bridgehead atoms. The number of hydrogen-bond donors (Lipinski definition) is 1. The molecule has 3 heterocycles. The van der Waals surface area contributed by atoms with Gasteiger partial charge in [0.15, 0.2) is 0 Å². The first kappa shape index (κ1) is 45.7. The largest absolute Gasteiger partial charge is 0.573 e. The van der Waals surface area contributed by atoms with Crippen LogP contribution >= 0.6 is 27.3 Å². The number of aromatic nitrogens is 3. The van der Waals surface area contributed by atoms with Crippen molar-refractivity contribution in [2.75, 3.05) is 0 Å². The van der Waals surface area contributed by atoms with Crippen molar-refractivity contribution in [1.29, 1.82) is 0 Å². The van der Waals surface area contributed by atoms with Gasteiger partial charge in [0.2, 0.25) is 0 Å². The number of alkyl halides is 7. The fourth-order valence-electron chi connectivity index (χ4n) is 6.11. The first-order chi connectivity index (χ1) is 28.2. The zero-order valence-electron chi connectivity index (χ0n) is 33.3. The Kier molecular flexibility index (Phi) is 14.4. The maximum absolute atomic E-state index is 13.0. The number of ether oxygens (including phenoxy) is 3. The van der Waals surface area contributed by atoms with Crippen molar-refractivity contribution in [3.05, 3.63) is 106 Å². The van der Waals surface area contributed by atoms with Crippen molar-refractivity contribution in [3.63, 3.8) is 0 Å². The molecule has 3 aromatic heterocycles. The summed E-state index contributed by atoms with van der Waals surface area (Å²) in [5.74, 6) is -0.110. The lowest BCUT2D eigenvalue weighted by Gasteiger charge is -2.14. The van der Waals surface area contributed by atoms with Crippen LogP contribution in [-0.2, 0) is 11.9 Å². The quantitative estimate of drug-likeness (QED) is 0.0882. The highest BCUT2D eigenvalue weighted by atomic mass is 79.9. The van der Waals surface area contributed by atoms with Gasteiger partial charge in [-0.1, -0.05) is 92.1 Å². The second-order valence-corrected chi connectivity index (χ2v) is 15.8. The Balaban J connectivity index is 0.000000274. The van der Waals surface area contributed by atoms with Crippen molar-refractivity contribution >= 4 is 33.2 Å². The summed E-state index contributed by atoms with van der Waals surface area (Å²) in [6, 6.07) is 17.0. The molecule has 6 aromatic rings. The van der Waals surface area contributed by atoms with Crippen molar-refractivity contribution in [3.8, 4) is 50.3 Å². The molecule has 0 radical (unpaired) electrons. The Morgan fingerprint density at radius 2 is 1.25 bits per heavy atom. The summed E-state index contributed by atoms with van der Waals surface area (Å²) < 4.78 is 102. The van der Waals surface area contributed by atoms with Gasteiger partial charge in [-0.2, -0.15) is 0 Å². The zero-order valence-corrected chi connectivity index (χ0v) is 35.7. The highest BCUT2D eigenvalue weighted by molar-refractivity contribution is 9.08. The lowest BCUT2D eigenvalue weighted by Crippen LogP contribution is -2.17. The van der Waals surface area contributed by atoms with Gasteiger partial charge in [-0.3, -0.25) is 0 Å². The molecule has 0 aliphatic carbocycles. The molecule has 60 heavy (non-hydrogen) atoms. The van der Waals surface area contributed by atoms with Crippen LogP contribution in [0.2, 0.25) is 0 Å². The molecule has 3 aromatic carbocycles. The number of para-hydroxylation sites is 2. The number of halogens is 7. The highest BCUT2D eigenvalue weighted by Gasteiger charge is 2.34. The Bertz CT molecular complexity index is 2420. The Labute approximate surface area is 353 Å². The van der Waals surface area contributed by atoms with Crippen LogP contribution in [0, 0.1) is 6.92 Å². The van der Waals surface area contributed by atoms with Crippen LogP contribution in [0.15, 0.2) is 75.8 Å². The van der Waals surface area contributed by atoms with E-state index in [1.54, 1.807) is 24.3 Å². The van der Waals surface area contributed by atoms with Crippen molar-refractivity contribution in [2.45, 2.75) is 90.9 Å². The van der Waals surface area contributed by atoms with Gasteiger partial charge in [-0.25, -0.2) is 9.78 Å². The van der Waals surface area contributed by atoms with Crippen molar-refractivity contribution in [2.24, 2.45) is 0 Å². The lowest BCUT2D eigenvalue weighted by molar-refractivity contribution is -0.275. The third-order valence-corrected chi connectivity index (χ3v) is 10.4. The van der Waals surface area contributed by atoms with Crippen molar-refractivity contribution < 1.29 is 59.5 Å². The fourth-order valence-corrected chi connectivity index (χ4v) is 7.80. The van der Waals surface area contributed by atoms with E-state index in [1.165, 1.54) is 36.4 Å². The summed E-state index contributed by atoms with van der Waals surface area (Å²) in [7, 11) is 0. The van der Waals surface area contributed by atoms with E-state index < -0.39 is 18.7 Å². The number of hydrogen-bond acceptors (Lipinski definition) is 10. The summed E-state index contributed by atoms with van der Waals surface area (Å²) in [6.45, 7) is 13.3. The number of carboxylic acids is 1.